The largest absolute Gasteiger partial charge is 0.338 e. The monoisotopic (exact) mass is 383 g/mol. The molecule has 1 heterocycles. The molecule has 6 heteroatoms. The highest BCUT2D eigenvalue weighted by Crippen LogP contribution is 2.26. The molecule has 3 rings (SSSR count). The molecule has 2 N–H and O–H groups in total. The number of nitrogens with zero attached hydrogens (tertiary/aromatic N) is 3. The number of aromatic nitrogens is 3. The van der Waals surface area contributed by atoms with E-state index in [1.165, 1.54) is 16.7 Å². The van der Waals surface area contributed by atoms with E-state index in [2.05, 4.69) is 61.7 Å². The summed E-state index contributed by atoms with van der Waals surface area (Å²) in [5.74, 6) is 1.08. The van der Waals surface area contributed by atoms with Gasteiger partial charge in [-0.05, 0) is 71.6 Å². The number of hydrogen-bond donors (Lipinski definition) is 2. The smallest absolute Gasteiger partial charge is 0.249 e. The second-order valence-electron chi connectivity index (χ2n) is 5.65. The second-order valence-corrected chi connectivity index (χ2v) is 6.50. The van der Waals surface area contributed by atoms with Crippen molar-refractivity contribution in [3.05, 3.63) is 63.8 Å². The number of nitrogens with one attached hydrogen (secondary N) is 2. The van der Waals surface area contributed by atoms with Crippen LogP contribution in [0, 0.1) is 20.8 Å². The summed E-state index contributed by atoms with van der Waals surface area (Å²) in [7, 11) is 0. The molecule has 5 nitrogen and oxygen atoms in total. The normalized spacial score (nSPS) is 10.5. The molecule has 122 valence electrons. The molecule has 0 aliphatic heterocycles. The third kappa shape index (κ3) is 3.71. The van der Waals surface area contributed by atoms with E-state index in [-0.39, 0.29) is 0 Å². The highest BCUT2D eigenvalue weighted by Gasteiger charge is 2.06. The molecule has 3 aromatic rings. The fraction of sp³-hybridized carbons (Fsp3) is 0.167. The molecule has 0 aliphatic carbocycles. The molecular formula is C18H18BrN5. The van der Waals surface area contributed by atoms with Crippen molar-refractivity contribution in [1.29, 1.82) is 0 Å². The molecular weight excluding hydrogens is 366 g/mol. The highest BCUT2D eigenvalue weighted by atomic mass is 79.9. The number of aryl methyl sites for hydroxylation is 2. The quantitative estimate of drug-likeness (QED) is 0.659. The van der Waals surface area contributed by atoms with Crippen molar-refractivity contribution in [1.82, 2.24) is 15.2 Å². The van der Waals surface area contributed by atoms with E-state index in [0.717, 1.165) is 15.8 Å². The number of halogens is 1. The van der Waals surface area contributed by atoms with Gasteiger partial charge in [0, 0.05) is 10.2 Å². The van der Waals surface area contributed by atoms with Gasteiger partial charge in [0.1, 0.15) is 0 Å². The van der Waals surface area contributed by atoms with Crippen LogP contribution < -0.4 is 10.6 Å². The first kappa shape index (κ1) is 16.4. The zero-order valence-electron chi connectivity index (χ0n) is 13.8. The predicted octanol–water partition coefficient (Wildman–Crippen LogP) is 5.05. The zero-order valence-corrected chi connectivity index (χ0v) is 15.3. The summed E-state index contributed by atoms with van der Waals surface area (Å²) >= 11 is 3.55. The van der Waals surface area contributed by atoms with Gasteiger partial charge in [0.2, 0.25) is 5.95 Å². The zero-order chi connectivity index (χ0) is 17.1. The topological polar surface area (TPSA) is 62.7 Å². The number of rotatable bonds is 4. The minimum absolute atomic E-state index is 0.455. The maximum atomic E-state index is 4.48. The van der Waals surface area contributed by atoms with E-state index in [1.807, 2.05) is 37.3 Å². The number of benzene rings is 2. The summed E-state index contributed by atoms with van der Waals surface area (Å²) in [5.41, 5.74) is 5.47. The van der Waals surface area contributed by atoms with Gasteiger partial charge < -0.3 is 10.6 Å². The Balaban J connectivity index is 1.82. The minimum Gasteiger partial charge on any atom is -0.338 e. The van der Waals surface area contributed by atoms with Gasteiger partial charge in [-0.3, -0.25) is 0 Å². The number of anilines is 4. The summed E-state index contributed by atoms with van der Waals surface area (Å²) in [5, 5.41) is 14.6. The lowest BCUT2D eigenvalue weighted by Gasteiger charge is -2.11. The van der Waals surface area contributed by atoms with Gasteiger partial charge in [0.05, 0.1) is 11.9 Å². The minimum atomic E-state index is 0.455. The average Bonchev–Trinajstić information content (AvgIpc) is 2.55. The van der Waals surface area contributed by atoms with Crippen molar-refractivity contribution in [2.45, 2.75) is 20.8 Å². The van der Waals surface area contributed by atoms with Crippen molar-refractivity contribution < 1.29 is 0 Å². The molecule has 24 heavy (non-hydrogen) atoms. The Morgan fingerprint density at radius 2 is 1.79 bits per heavy atom. The summed E-state index contributed by atoms with van der Waals surface area (Å²) < 4.78 is 0.977. The lowest BCUT2D eigenvalue weighted by molar-refractivity contribution is 0.981. The van der Waals surface area contributed by atoms with Gasteiger partial charge in [0.15, 0.2) is 5.82 Å². The van der Waals surface area contributed by atoms with Crippen molar-refractivity contribution in [3.63, 3.8) is 0 Å². The van der Waals surface area contributed by atoms with Crippen molar-refractivity contribution in [2.75, 3.05) is 10.6 Å². The van der Waals surface area contributed by atoms with Crippen LogP contribution in [0.25, 0.3) is 0 Å². The van der Waals surface area contributed by atoms with Gasteiger partial charge in [-0.2, -0.15) is 10.1 Å². The SMILES string of the molecule is Cc1ccc(Nc2cnnc(Nc3cccc(C)c3C)n2)c(Br)c1. The summed E-state index contributed by atoms with van der Waals surface area (Å²) in [6.45, 7) is 6.19. The van der Waals surface area contributed by atoms with Crippen LogP contribution in [0.2, 0.25) is 0 Å². The molecule has 1 aromatic heterocycles. The third-order valence-corrected chi connectivity index (χ3v) is 4.45. The second kappa shape index (κ2) is 6.97. The Kier molecular flexibility index (Phi) is 4.76. The van der Waals surface area contributed by atoms with Gasteiger partial charge in [-0.25, -0.2) is 0 Å². The van der Waals surface area contributed by atoms with Crippen molar-refractivity contribution in [2.24, 2.45) is 0 Å². The molecule has 0 spiro atoms. The van der Waals surface area contributed by atoms with E-state index in [0.29, 0.717) is 11.8 Å². The van der Waals surface area contributed by atoms with Crippen LogP contribution in [0.3, 0.4) is 0 Å². The molecule has 2 aromatic carbocycles. The van der Waals surface area contributed by atoms with E-state index in [4.69, 9.17) is 0 Å². The van der Waals surface area contributed by atoms with E-state index < -0.39 is 0 Å². The van der Waals surface area contributed by atoms with Crippen LogP contribution in [0.1, 0.15) is 16.7 Å². The molecule has 0 aliphatic rings. The molecule has 0 amide bonds. The third-order valence-electron chi connectivity index (χ3n) is 3.80. The van der Waals surface area contributed by atoms with Crippen LogP contribution in [-0.2, 0) is 0 Å². The van der Waals surface area contributed by atoms with Crippen LogP contribution >= 0.6 is 15.9 Å². The van der Waals surface area contributed by atoms with Crippen molar-refractivity contribution >= 4 is 39.1 Å². The fourth-order valence-corrected chi connectivity index (χ4v) is 2.88. The van der Waals surface area contributed by atoms with E-state index >= 15 is 0 Å². The first-order chi connectivity index (χ1) is 11.5. The summed E-state index contributed by atoms with van der Waals surface area (Å²) in [4.78, 5) is 4.48. The summed E-state index contributed by atoms with van der Waals surface area (Å²) in [6.07, 6.45) is 1.60. The standard InChI is InChI=1S/C18H18BrN5/c1-11-7-8-16(14(19)9-11)21-17-10-20-24-18(23-17)22-15-6-4-5-12(2)13(15)3/h4-10H,1-3H3,(H2,21,22,23,24). The predicted molar refractivity (Wildman–Crippen MR) is 101 cm³/mol. The first-order valence-corrected chi connectivity index (χ1v) is 8.38. The molecule has 0 fully saturated rings. The van der Waals surface area contributed by atoms with Gasteiger partial charge in [-0.1, -0.05) is 18.2 Å². The Morgan fingerprint density at radius 1 is 0.958 bits per heavy atom. The summed E-state index contributed by atoms with van der Waals surface area (Å²) in [6, 6.07) is 12.2. The lowest BCUT2D eigenvalue weighted by Crippen LogP contribution is -2.04. The van der Waals surface area contributed by atoms with Gasteiger partial charge in [0.25, 0.3) is 0 Å². The Morgan fingerprint density at radius 3 is 2.58 bits per heavy atom. The fourth-order valence-electron chi connectivity index (χ4n) is 2.28. The van der Waals surface area contributed by atoms with Crippen molar-refractivity contribution in [3.8, 4) is 0 Å². The molecule has 0 atom stereocenters. The Bertz CT molecular complexity index is 879. The number of hydrogen-bond acceptors (Lipinski definition) is 5. The maximum Gasteiger partial charge on any atom is 0.249 e. The van der Waals surface area contributed by atoms with Crippen LogP contribution in [0.15, 0.2) is 47.1 Å². The van der Waals surface area contributed by atoms with Crippen LogP contribution in [0.4, 0.5) is 23.1 Å². The first-order valence-electron chi connectivity index (χ1n) is 7.59. The Hall–Kier alpha value is -2.47. The van der Waals surface area contributed by atoms with Gasteiger partial charge >= 0.3 is 0 Å². The maximum absolute atomic E-state index is 4.48. The highest BCUT2D eigenvalue weighted by molar-refractivity contribution is 9.10. The average molecular weight is 384 g/mol. The Labute approximate surface area is 149 Å². The van der Waals surface area contributed by atoms with E-state index in [9.17, 15) is 0 Å². The molecule has 0 bridgehead atoms. The van der Waals surface area contributed by atoms with Gasteiger partial charge in [-0.15, -0.1) is 5.10 Å². The van der Waals surface area contributed by atoms with Crippen LogP contribution in [0.5, 0.6) is 0 Å². The lowest BCUT2D eigenvalue weighted by atomic mass is 10.1. The molecule has 0 saturated carbocycles. The molecule has 0 saturated heterocycles. The van der Waals surface area contributed by atoms with E-state index in [1.54, 1.807) is 6.20 Å². The molecule has 0 radical (unpaired) electrons. The van der Waals surface area contributed by atoms with Crippen LogP contribution in [-0.4, -0.2) is 15.2 Å². The molecule has 0 unspecified atom stereocenters.